The van der Waals surface area contributed by atoms with Crippen LogP contribution in [0.25, 0.3) is 11.5 Å². The van der Waals surface area contributed by atoms with Crippen LogP contribution in [0.4, 0.5) is 0 Å². The standard InChI is InChI=1S/C18H20N6O2/c1-12-5-7-14(8-6-12)18(25)23-9-3-4-15(10-23)24-11-16(20-22-24)17-19-13(2)26-21-17/h5-8,11,15H,3-4,9-10H2,1-2H3/t15-/m0/s1. The molecular weight excluding hydrogens is 332 g/mol. The molecule has 1 atom stereocenters. The van der Waals surface area contributed by atoms with Crippen LogP contribution in [-0.2, 0) is 0 Å². The molecule has 8 heteroatoms. The molecule has 1 amide bonds. The van der Waals surface area contributed by atoms with Gasteiger partial charge in [-0.2, -0.15) is 4.98 Å². The molecule has 0 aliphatic carbocycles. The summed E-state index contributed by atoms with van der Waals surface area (Å²) in [4.78, 5) is 18.8. The Balaban J connectivity index is 1.49. The minimum Gasteiger partial charge on any atom is -0.339 e. The van der Waals surface area contributed by atoms with Crippen LogP contribution >= 0.6 is 0 Å². The molecule has 3 aromatic rings. The van der Waals surface area contributed by atoms with Crippen molar-refractivity contribution >= 4 is 5.91 Å². The second-order valence-corrected chi connectivity index (χ2v) is 6.63. The monoisotopic (exact) mass is 352 g/mol. The molecule has 26 heavy (non-hydrogen) atoms. The smallest absolute Gasteiger partial charge is 0.253 e. The van der Waals surface area contributed by atoms with Crippen LogP contribution in [0.15, 0.2) is 35.0 Å². The lowest BCUT2D eigenvalue weighted by molar-refractivity contribution is 0.0672. The Morgan fingerprint density at radius 2 is 2.04 bits per heavy atom. The number of carbonyl (C=O) groups is 1. The molecule has 0 bridgehead atoms. The first-order chi connectivity index (χ1) is 12.6. The Bertz CT molecular complexity index is 914. The maximum absolute atomic E-state index is 12.8. The number of hydrogen-bond acceptors (Lipinski definition) is 6. The van der Waals surface area contributed by atoms with Gasteiger partial charge in [0.25, 0.3) is 5.91 Å². The maximum Gasteiger partial charge on any atom is 0.253 e. The van der Waals surface area contributed by atoms with Crippen LogP contribution in [0.5, 0.6) is 0 Å². The van der Waals surface area contributed by atoms with Gasteiger partial charge in [-0.15, -0.1) is 5.10 Å². The van der Waals surface area contributed by atoms with Crippen LogP contribution < -0.4 is 0 Å². The molecule has 4 rings (SSSR count). The van der Waals surface area contributed by atoms with Crippen LogP contribution in [-0.4, -0.2) is 49.0 Å². The first kappa shape index (κ1) is 16.4. The van der Waals surface area contributed by atoms with Crippen molar-refractivity contribution in [2.45, 2.75) is 32.7 Å². The number of nitrogens with zero attached hydrogens (tertiary/aromatic N) is 6. The Morgan fingerprint density at radius 1 is 1.23 bits per heavy atom. The van der Waals surface area contributed by atoms with Crippen LogP contribution in [0.2, 0.25) is 0 Å². The predicted molar refractivity (Wildman–Crippen MR) is 93.4 cm³/mol. The number of piperidine rings is 1. The lowest BCUT2D eigenvalue weighted by atomic mass is 10.0. The number of aromatic nitrogens is 5. The normalized spacial score (nSPS) is 17.5. The first-order valence-electron chi connectivity index (χ1n) is 8.68. The molecule has 1 aliphatic rings. The van der Waals surface area contributed by atoms with Gasteiger partial charge in [-0.25, -0.2) is 4.68 Å². The van der Waals surface area contributed by atoms with Crippen molar-refractivity contribution in [1.29, 1.82) is 0 Å². The molecule has 0 radical (unpaired) electrons. The van der Waals surface area contributed by atoms with E-state index < -0.39 is 0 Å². The van der Waals surface area contributed by atoms with Gasteiger partial charge in [0.05, 0.1) is 12.2 Å². The summed E-state index contributed by atoms with van der Waals surface area (Å²) in [5, 5.41) is 12.2. The van der Waals surface area contributed by atoms with Crippen LogP contribution in [0, 0.1) is 13.8 Å². The van der Waals surface area contributed by atoms with Crippen molar-refractivity contribution in [3.05, 3.63) is 47.5 Å². The van der Waals surface area contributed by atoms with E-state index in [1.807, 2.05) is 42.3 Å². The number of amides is 1. The minimum atomic E-state index is 0.0591. The van der Waals surface area contributed by atoms with Crippen molar-refractivity contribution < 1.29 is 9.32 Å². The second kappa shape index (κ2) is 6.70. The minimum absolute atomic E-state index is 0.0591. The molecule has 8 nitrogen and oxygen atoms in total. The molecule has 0 unspecified atom stereocenters. The van der Waals surface area contributed by atoms with E-state index in [4.69, 9.17) is 4.52 Å². The van der Waals surface area contributed by atoms with E-state index in [1.54, 1.807) is 11.6 Å². The molecule has 1 fully saturated rings. The molecule has 2 aromatic heterocycles. The summed E-state index contributed by atoms with van der Waals surface area (Å²) in [7, 11) is 0. The first-order valence-corrected chi connectivity index (χ1v) is 8.68. The average molecular weight is 352 g/mol. The van der Waals surface area contributed by atoms with Crippen LogP contribution in [0.1, 0.15) is 40.7 Å². The number of likely N-dealkylation sites (tertiary alicyclic amines) is 1. The highest BCUT2D eigenvalue weighted by Gasteiger charge is 2.26. The lowest BCUT2D eigenvalue weighted by Gasteiger charge is -2.32. The lowest BCUT2D eigenvalue weighted by Crippen LogP contribution is -2.40. The topological polar surface area (TPSA) is 89.9 Å². The maximum atomic E-state index is 12.8. The average Bonchev–Trinajstić information content (AvgIpc) is 3.31. The highest BCUT2D eigenvalue weighted by molar-refractivity contribution is 5.94. The summed E-state index contributed by atoms with van der Waals surface area (Å²) in [5.41, 5.74) is 2.44. The van der Waals surface area contributed by atoms with Crippen molar-refractivity contribution in [2.24, 2.45) is 0 Å². The fourth-order valence-corrected chi connectivity index (χ4v) is 3.19. The molecular formula is C18H20N6O2. The summed E-state index contributed by atoms with van der Waals surface area (Å²) in [5.74, 6) is 0.975. The van der Waals surface area contributed by atoms with Crippen LogP contribution in [0.3, 0.4) is 0 Å². The fourth-order valence-electron chi connectivity index (χ4n) is 3.19. The van der Waals surface area contributed by atoms with E-state index in [0.29, 0.717) is 24.0 Å². The van der Waals surface area contributed by atoms with Gasteiger partial charge in [0.15, 0.2) is 5.69 Å². The number of hydrogen-bond donors (Lipinski definition) is 0. The van der Waals surface area contributed by atoms with E-state index in [0.717, 1.165) is 30.5 Å². The van der Waals surface area contributed by atoms with E-state index >= 15 is 0 Å². The van der Waals surface area contributed by atoms with Gasteiger partial charge in [0.1, 0.15) is 0 Å². The molecule has 1 saturated heterocycles. The summed E-state index contributed by atoms with van der Waals surface area (Å²) >= 11 is 0. The van der Waals surface area contributed by atoms with Gasteiger partial charge in [-0.3, -0.25) is 4.79 Å². The summed E-state index contributed by atoms with van der Waals surface area (Å²) in [6.07, 6.45) is 3.69. The third-order valence-electron chi connectivity index (χ3n) is 4.62. The summed E-state index contributed by atoms with van der Waals surface area (Å²) < 4.78 is 6.79. The highest BCUT2D eigenvalue weighted by atomic mass is 16.5. The number of aryl methyl sites for hydroxylation is 2. The van der Waals surface area contributed by atoms with Crippen molar-refractivity contribution in [2.75, 3.05) is 13.1 Å². The van der Waals surface area contributed by atoms with Gasteiger partial charge in [-0.05, 0) is 31.9 Å². The zero-order chi connectivity index (χ0) is 18.1. The third kappa shape index (κ3) is 3.22. The van der Waals surface area contributed by atoms with Crippen molar-refractivity contribution in [1.82, 2.24) is 30.0 Å². The van der Waals surface area contributed by atoms with Crippen molar-refractivity contribution in [3.63, 3.8) is 0 Å². The highest BCUT2D eigenvalue weighted by Crippen LogP contribution is 2.24. The molecule has 1 aromatic carbocycles. The van der Waals surface area contributed by atoms with E-state index in [-0.39, 0.29) is 11.9 Å². The fraction of sp³-hybridized carbons (Fsp3) is 0.389. The molecule has 0 spiro atoms. The summed E-state index contributed by atoms with van der Waals surface area (Å²) in [6, 6.07) is 7.78. The molecule has 1 aliphatic heterocycles. The van der Waals surface area contributed by atoms with Gasteiger partial charge in [0.2, 0.25) is 11.7 Å². The third-order valence-corrected chi connectivity index (χ3v) is 4.62. The Kier molecular flexibility index (Phi) is 4.24. The second-order valence-electron chi connectivity index (χ2n) is 6.63. The van der Waals surface area contributed by atoms with Gasteiger partial charge < -0.3 is 9.42 Å². The predicted octanol–water partition coefficient (Wildman–Crippen LogP) is 2.42. The largest absolute Gasteiger partial charge is 0.339 e. The quantitative estimate of drug-likeness (QED) is 0.719. The SMILES string of the molecule is Cc1ccc(C(=O)N2CCC[C@H](n3cc(-c4noc(C)n4)nn3)C2)cc1. The molecule has 3 heterocycles. The zero-order valence-electron chi connectivity index (χ0n) is 14.8. The van der Waals surface area contributed by atoms with Gasteiger partial charge >= 0.3 is 0 Å². The van der Waals surface area contributed by atoms with Crippen molar-refractivity contribution in [3.8, 4) is 11.5 Å². The van der Waals surface area contributed by atoms with E-state index in [2.05, 4.69) is 20.5 Å². The Hall–Kier alpha value is -3.03. The Labute approximate surface area is 150 Å². The Morgan fingerprint density at radius 3 is 2.77 bits per heavy atom. The van der Waals surface area contributed by atoms with E-state index in [9.17, 15) is 4.79 Å². The number of benzene rings is 1. The van der Waals surface area contributed by atoms with E-state index in [1.165, 1.54) is 0 Å². The molecule has 0 N–H and O–H groups in total. The number of carbonyl (C=O) groups excluding carboxylic acids is 1. The number of rotatable bonds is 3. The van der Waals surface area contributed by atoms with Gasteiger partial charge in [-0.1, -0.05) is 28.1 Å². The molecule has 0 saturated carbocycles. The van der Waals surface area contributed by atoms with Gasteiger partial charge in [0, 0.05) is 25.6 Å². The molecule has 134 valence electrons. The zero-order valence-corrected chi connectivity index (χ0v) is 14.8. The summed E-state index contributed by atoms with van der Waals surface area (Å²) in [6.45, 7) is 5.12.